The summed E-state index contributed by atoms with van der Waals surface area (Å²) in [5.41, 5.74) is 5.55. The van der Waals surface area contributed by atoms with E-state index in [-0.39, 0.29) is 6.10 Å². The van der Waals surface area contributed by atoms with Crippen LogP contribution in [0.25, 0.3) is 22.2 Å². The highest BCUT2D eigenvalue weighted by atomic mass is 79.9. The first-order chi connectivity index (χ1) is 18.2. The third kappa shape index (κ3) is 4.53. The van der Waals surface area contributed by atoms with E-state index in [2.05, 4.69) is 48.9 Å². The zero-order chi connectivity index (χ0) is 27.2. The topological polar surface area (TPSA) is 88.8 Å². The van der Waals surface area contributed by atoms with Crippen LogP contribution in [0.15, 0.2) is 28.9 Å². The maximum atomic E-state index is 12.9. The fourth-order valence-electron chi connectivity index (χ4n) is 5.89. The largest absolute Gasteiger partial charge is 0.469 e. The second-order valence-corrected chi connectivity index (χ2v) is 11.8. The molecular formula is C29H37BrN4O4. The summed E-state index contributed by atoms with van der Waals surface area (Å²) in [5, 5.41) is 16.4. The maximum absolute atomic E-state index is 12.9. The van der Waals surface area contributed by atoms with Gasteiger partial charge in [-0.25, -0.2) is 0 Å². The number of methoxy groups -OCH3 is 2. The van der Waals surface area contributed by atoms with E-state index in [1.165, 1.54) is 12.7 Å². The van der Waals surface area contributed by atoms with E-state index in [1.807, 2.05) is 13.1 Å². The van der Waals surface area contributed by atoms with Gasteiger partial charge in [-0.3, -0.25) is 9.78 Å². The van der Waals surface area contributed by atoms with Gasteiger partial charge in [0, 0.05) is 60.8 Å². The number of ether oxygens (including phenoxy) is 2. The maximum Gasteiger partial charge on any atom is 0.314 e. The summed E-state index contributed by atoms with van der Waals surface area (Å²) in [6, 6.07) is 6.41. The van der Waals surface area contributed by atoms with E-state index in [1.54, 1.807) is 21.0 Å². The van der Waals surface area contributed by atoms with Crippen LogP contribution in [0.3, 0.4) is 0 Å². The molecule has 0 bridgehead atoms. The number of aromatic nitrogens is 2. The number of benzene rings is 1. The van der Waals surface area contributed by atoms with Gasteiger partial charge in [0.2, 0.25) is 0 Å². The normalized spacial score (nSPS) is 17.5. The molecule has 2 aromatic heterocycles. The predicted molar refractivity (Wildman–Crippen MR) is 152 cm³/mol. The zero-order valence-electron chi connectivity index (χ0n) is 22.8. The summed E-state index contributed by atoms with van der Waals surface area (Å²) in [7, 11) is 3.05. The molecule has 0 spiro atoms. The van der Waals surface area contributed by atoms with E-state index in [9.17, 15) is 9.90 Å². The lowest BCUT2D eigenvalue weighted by Gasteiger charge is -2.31. The SMILES string of the molecule is COC(=O)C(C)(C)C(O)c1c(-c2cc(N3CCNCC3)cnc2C(C)OC)n2c3c(cc(Br)cc13)CCC2. The molecule has 38 heavy (non-hydrogen) atoms. The Bertz CT molecular complexity index is 1360. The molecule has 2 unspecified atom stereocenters. The summed E-state index contributed by atoms with van der Waals surface area (Å²) >= 11 is 3.70. The number of esters is 1. The Kier molecular flexibility index (Phi) is 7.57. The Morgan fingerprint density at radius 3 is 2.61 bits per heavy atom. The van der Waals surface area contributed by atoms with Crippen LogP contribution in [0.4, 0.5) is 5.69 Å². The van der Waals surface area contributed by atoms with Gasteiger partial charge in [-0.15, -0.1) is 0 Å². The molecule has 1 saturated heterocycles. The van der Waals surface area contributed by atoms with Crippen LogP contribution in [0, 0.1) is 5.41 Å². The third-order valence-corrected chi connectivity index (χ3v) is 8.57. The van der Waals surface area contributed by atoms with Crippen LogP contribution < -0.4 is 10.2 Å². The van der Waals surface area contributed by atoms with E-state index < -0.39 is 17.5 Å². The summed E-state index contributed by atoms with van der Waals surface area (Å²) in [6.07, 6.45) is 2.49. The lowest BCUT2D eigenvalue weighted by molar-refractivity contribution is -0.157. The molecule has 8 nitrogen and oxygen atoms in total. The number of nitrogens with zero attached hydrogens (tertiary/aromatic N) is 3. The van der Waals surface area contributed by atoms with Crippen molar-refractivity contribution in [2.24, 2.45) is 5.41 Å². The minimum Gasteiger partial charge on any atom is -0.469 e. The molecule has 0 radical (unpaired) electrons. The monoisotopic (exact) mass is 584 g/mol. The van der Waals surface area contributed by atoms with Crippen LogP contribution in [-0.2, 0) is 27.2 Å². The third-order valence-electron chi connectivity index (χ3n) is 8.12. The van der Waals surface area contributed by atoms with Gasteiger partial charge in [0.05, 0.1) is 53.5 Å². The number of carbonyl (C=O) groups excluding carboxylic acids is 1. The van der Waals surface area contributed by atoms with Crippen molar-refractivity contribution in [1.29, 1.82) is 0 Å². The predicted octanol–water partition coefficient (Wildman–Crippen LogP) is 4.76. The highest BCUT2D eigenvalue weighted by molar-refractivity contribution is 9.10. The van der Waals surface area contributed by atoms with Crippen molar-refractivity contribution in [3.05, 3.63) is 45.7 Å². The summed E-state index contributed by atoms with van der Waals surface area (Å²) in [4.78, 5) is 20.2. The zero-order valence-corrected chi connectivity index (χ0v) is 24.4. The van der Waals surface area contributed by atoms with Gasteiger partial charge in [-0.05, 0) is 57.4 Å². The molecule has 2 N–H and O–H groups in total. The molecule has 1 fully saturated rings. The van der Waals surface area contributed by atoms with Crippen molar-refractivity contribution in [3.8, 4) is 11.3 Å². The van der Waals surface area contributed by atoms with Gasteiger partial charge in [-0.1, -0.05) is 15.9 Å². The molecule has 2 aliphatic heterocycles. The molecule has 9 heteroatoms. The molecule has 0 saturated carbocycles. The van der Waals surface area contributed by atoms with Gasteiger partial charge in [0.1, 0.15) is 0 Å². The van der Waals surface area contributed by atoms with Gasteiger partial charge in [0.25, 0.3) is 0 Å². The molecule has 5 rings (SSSR count). The first-order valence-electron chi connectivity index (χ1n) is 13.3. The van der Waals surface area contributed by atoms with Crippen molar-refractivity contribution in [1.82, 2.24) is 14.9 Å². The number of carbonyl (C=O) groups is 1. The number of anilines is 1. The molecule has 2 atom stereocenters. The quantitative estimate of drug-likeness (QED) is 0.387. The number of pyridine rings is 1. The van der Waals surface area contributed by atoms with Crippen molar-refractivity contribution in [3.63, 3.8) is 0 Å². The highest BCUT2D eigenvalue weighted by Crippen LogP contribution is 2.48. The van der Waals surface area contributed by atoms with Gasteiger partial charge in [0.15, 0.2) is 0 Å². The second kappa shape index (κ2) is 10.6. The fraction of sp³-hybridized carbons (Fsp3) is 0.517. The molecular weight excluding hydrogens is 548 g/mol. The van der Waals surface area contributed by atoms with E-state index >= 15 is 0 Å². The minimum absolute atomic E-state index is 0.263. The molecule has 2 aliphatic rings. The van der Waals surface area contributed by atoms with Crippen LogP contribution in [0.5, 0.6) is 0 Å². The number of aryl methyl sites for hydroxylation is 2. The van der Waals surface area contributed by atoms with Crippen LogP contribution in [0.2, 0.25) is 0 Å². The lowest BCUT2D eigenvalue weighted by Crippen LogP contribution is -2.43. The molecule has 3 aromatic rings. The summed E-state index contributed by atoms with van der Waals surface area (Å²) in [6.45, 7) is 9.90. The van der Waals surface area contributed by atoms with Crippen LogP contribution in [0.1, 0.15) is 56.2 Å². The highest BCUT2D eigenvalue weighted by Gasteiger charge is 2.42. The Balaban J connectivity index is 1.85. The number of aliphatic hydroxyl groups excluding tert-OH is 1. The summed E-state index contributed by atoms with van der Waals surface area (Å²) < 4.78 is 14.2. The number of hydrogen-bond acceptors (Lipinski definition) is 7. The average Bonchev–Trinajstić information content (AvgIpc) is 3.26. The molecule has 1 aromatic carbocycles. The van der Waals surface area contributed by atoms with Crippen molar-refractivity contribution in [2.45, 2.75) is 52.4 Å². The first-order valence-corrected chi connectivity index (χ1v) is 14.1. The Morgan fingerprint density at radius 1 is 1.18 bits per heavy atom. The van der Waals surface area contributed by atoms with E-state index in [0.29, 0.717) is 0 Å². The Labute approximate surface area is 232 Å². The minimum atomic E-state index is -1.17. The number of halogens is 1. The van der Waals surface area contributed by atoms with E-state index in [0.717, 1.165) is 89.1 Å². The van der Waals surface area contributed by atoms with Crippen molar-refractivity contribution in [2.75, 3.05) is 45.3 Å². The van der Waals surface area contributed by atoms with Crippen LogP contribution >= 0.6 is 15.9 Å². The Hall–Kier alpha value is -2.46. The molecule has 4 heterocycles. The van der Waals surface area contributed by atoms with E-state index in [4.69, 9.17) is 14.5 Å². The fourth-order valence-corrected chi connectivity index (χ4v) is 6.40. The number of hydrogen-bond donors (Lipinski definition) is 2. The standard InChI is InChI=1S/C29H37BrN4O4/c1-17(37-4)24-22(15-20(16-32-24)33-11-8-31-9-12-33)26-23(27(35)29(2,3)28(36)38-5)21-14-19(30)13-18-7-6-10-34(26)25(18)21/h13-17,27,31,35H,6-12H2,1-5H3. The van der Waals surface area contributed by atoms with Crippen molar-refractivity contribution >= 4 is 38.5 Å². The number of piperazine rings is 1. The lowest BCUT2D eigenvalue weighted by atomic mass is 9.80. The van der Waals surface area contributed by atoms with Gasteiger partial charge < -0.3 is 29.4 Å². The second-order valence-electron chi connectivity index (χ2n) is 10.8. The molecule has 0 amide bonds. The van der Waals surface area contributed by atoms with Crippen LogP contribution in [-0.4, -0.2) is 61.0 Å². The first kappa shape index (κ1) is 27.1. The number of rotatable bonds is 7. The number of aliphatic hydroxyl groups is 1. The van der Waals surface area contributed by atoms with Crippen molar-refractivity contribution < 1.29 is 19.4 Å². The van der Waals surface area contributed by atoms with Gasteiger partial charge in [-0.2, -0.15) is 0 Å². The smallest absolute Gasteiger partial charge is 0.314 e. The molecule has 204 valence electrons. The van der Waals surface area contributed by atoms with Gasteiger partial charge >= 0.3 is 5.97 Å². The molecule has 0 aliphatic carbocycles. The number of nitrogens with one attached hydrogen (secondary N) is 1. The Morgan fingerprint density at radius 2 is 1.92 bits per heavy atom. The summed E-state index contributed by atoms with van der Waals surface area (Å²) in [5.74, 6) is -0.458. The average molecular weight is 586 g/mol.